The number of furan rings is 1. The molecule has 0 spiro atoms. The molecule has 6 nitrogen and oxygen atoms in total. The van der Waals surface area contributed by atoms with E-state index in [1.807, 2.05) is 0 Å². The fourth-order valence-corrected chi connectivity index (χ4v) is 3.24. The van der Waals surface area contributed by atoms with E-state index in [2.05, 4.69) is 0 Å². The molecule has 0 radical (unpaired) electrons. The van der Waals surface area contributed by atoms with Crippen molar-refractivity contribution in [3.8, 4) is 5.75 Å². The van der Waals surface area contributed by atoms with Gasteiger partial charge in [-0.05, 0) is 48.0 Å². The molecule has 3 aromatic rings. The first kappa shape index (κ1) is 17.5. The minimum absolute atomic E-state index is 0.00232. The van der Waals surface area contributed by atoms with Crippen LogP contribution in [0.4, 0.5) is 10.1 Å². The maximum absolute atomic E-state index is 13.8. The lowest BCUT2D eigenvalue weighted by Crippen LogP contribution is -2.31. The Labute approximate surface area is 158 Å². The van der Waals surface area contributed by atoms with Crippen LogP contribution >= 0.6 is 0 Å². The predicted octanol–water partition coefficient (Wildman–Crippen LogP) is 3.91. The van der Waals surface area contributed by atoms with Crippen molar-refractivity contribution in [1.29, 1.82) is 0 Å². The van der Waals surface area contributed by atoms with E-state index >= 15 is 0 Å². The molecule has 1 aliphatic heterocycles. The molecule has 140 valence electrons. The third-order valence-corrected chi connectivity index (χ3v) is 4.49. The number of nitrogens with zero attached hydrogens (tertiary/aromatic N) is 1. The van der Waals surface area contributed by atoms with E-state index in [1.165, 1.54) is 60.9 Å². The predicted molar refractivity (Wildman–Crippen MR) is 97.4 cm³/mol. The van der Waals surface area contributed by atoms with E-state index in [-0.39, 0.29) is 22.8 Å². The molecule has 0 saturated heterocycles. The van der Waals surface area contributed by atoms with E-state index in [0.717, 1.165) is 11.0 Å². The molecule has 2 heterocycles. The average molecular weight is 379 g/mol. The molecule has 0 saturated carbocycles. The molecule has 7 heteroatoms. The number of amides is 1. The molecule has 1 aromatic heterocycles. The summed E-state index contributed by atoms with van der Waals surface area (Å²) in [6, 6.07) is 13.0. The second-order valence-corrected chi connectivity index (χ2v) is 6.22. The number of hydrogen-bond acceptors (Lipinski definition) is 5. The van der Waals surface area contributed by atoms with Gasteiger partial charge in [-0.15, -0.1) is 0 Å². The van der Waals surface area contributed by atoms with Crippen LogP contribution in [0.3, 0.4) is 0 Å². The molecular weight excluding hydrogens is 365 g/mol. The lowest BCUT2D eigenvalue weighted by atomic mass is 9.94. The molecular formula is C21H14FNO5. The number of aromatic hydroxyl groups is 1. The number of Topliss-reactive ketones (excluding diaryl/α,β-unsaturated/α-hetero) is 1. The topological polar surface area (TPSA) is 91.0 Å². The zero-order valence-electron chi connectivity index (χ0n) is 14.4. The lowest BCUT2D eigenvalue weighted by Gasteiger charge is -2.26. The Hall–Kier alpha value is -3.87. The Morgan fingerprint density at radius 2 is 1.79 bits per heavy atom. The van der Waals surface area contributed by atoms with Gasteiger partial charge in [0.2, 0.25) is 5.78 Å². The monoisotopic (exact) mass is 379 g/mol. The first-order valence-electron chi connectivity index (χ1n) is 8.37. The number of carbonyl (C=O) groups excluding carboxylic acids is 2. The van der Waals surface area contributed by atoms with Crippen LogP contribution in [0.15, 0.2) is 82.7 Å². The fraction of sp³-hybridized carbons (Fsp3) is 0.0476. The smallest absolute Gasteiger partial charge is 0.294 e. The van der Waals surface area contributed by atoms with Gasteiger partial charge in [0.1, 0.15) is 11.6 Å². The summed E-state index contributed by atoms with van der Waals surface area (Å²) in [5.41, 5.74) is 0.445. The maximum atomic E-state index is 13.8. The van der Waals surface area contributed by atoms with Crippen LogP contribution in [0.2, 0.25) is 0 Å². The first-order chi connectivity index (χ1) is 13.5. The molecule has 0 bridgehead atoms. The van der Waals surface area contributed by atoms with E-state index in [9.17, 15) is 24.2 Å². The van der Waals surface area contributed by atoms with Crippen molar-refractivity contribution in [2.75, 3.05) is 4.90 Å². The van der Waals surface area contributed by atoms with Crippen molar-refractivity contribution in [3.63, 3.8) is 0 Å². The lowest BCUT2D eigenvalue weighted by molar-refractivity contribution is -0.117. The number of carbonyl (C=O) groups is 2. The summed E-state index contributed by atoms with van der Waals surface area (Å²) in [5, 5.41) is 20.1. The molecule has 28 heavy (non-hydrogen) atoms. The number of phenols is 1. The second kappa shape index (κ2) is 6.70. The SMILES string of the molecule is O=C(C1=C(O)C(=O)N(c2cccc(F)c2)C1c1ccc(O)cc1)c1ccco1. The summed E-state index contributed by atoms with van der Waals surface area (Å²) in [4.78, 5) is 26.9. The summed E-state index contributed by atoms with van der Waals surface area (Å²) in [5.74, 6) is -2.84. The Morgan fingerprint density at radius 3 is 2.43 bits per heavy atom. The fourth-order valence-electron chi connectivity index (χ4n) is 3.24. The van der Waals surface area contributed by atoms with Crippen LogP contribution in [0.25, 0.3) is 0 Å². The van der Waals surface area contributed by atoms with Crippen LogP contribution in [0, 0.1) is 5.82 Å². The summed E-state index contributed by atoms with van der Waals surface area (Å²) in [6.07, 6.45) is 1.31. The van der Waals surface area contributed by atoms with Crippen molar-refractivity contribution < 1.29 is 28.6 Å². The van der Waals surface area contributed by atoms with Gasteiger partial charge in [0.25, 0.3) is 5.91 Å². The molecule has 1 atom stereocenters. The first-order valence-corrected chi connectivity index (χ1v) is 8.37. The van der Waals surface area contributed by atoms with Crippen LogP contribution in [-0.2, 0) is 4.79 Å². The number of aliphatic hydroxyl groups excluding tert-OH is 1. The normalized spacial score (nSPS) is 16.7. The van der Waals surface area contributed by atoms with Gasteiger partial charge in [-0.2, -0.15) is 0 Å². The average Bonchev–Trinajstić information content (AvgIpc) is 3.30. The number of benzene rings is 2. The number of aliphatic hydroxyl groups is 1. The standard InChI is InChI=1S/C21H14FNO5/c22-13-3-1-4-14(11-13)23-18(12-6-8-15(24)9-7-12)17(20(26)21(23)27)19(25)16-5-2-10-28-16/h1-11,18,24,26H. The third kappa shape index (κ3) is 2.83. The van der Waals surface area contributed by atoms with Crippen molar-refractivity contribution in [1.82, 2.24) is 0 Å². The van der Waals surface area contributed by atoms with Crippen molar-refractivity contribution in [2.45, 2.75) is 6.04 Å². The number of halogens is 1. The molecule has 0 aliphatic carbocycles. The quantitative estimate of drug-likeness (QED) is 0.671. The minimum atomic E-state index is -1.02. The Kier molecular flexibility index (Phi) is 4.19. The van der Waals surface area contributed by atoms with Gasteiger partial charge in [-0.25, -0.2) is 4.39 Å². The zero-order valence-corrected chi connectivity index (χ0v) is 14.4. The van der Waals surface area contributed by atoms with Crippen LogP contribution in [0.1, 0.15) is 22.2 Å². The number of anilines is 1. The summed E-state index contributed by atoms with van der Waals surface area (Å²) in [7, 11) is 0. The van der Waals surface area contributed by atoms with Crippen LogP contribution in [-0.4, -0.2) is 21.9 Å². The second-order valence-electron chi connectivity index (χ2n) is 6.22. The molecule has 2 N–H and O–H groups in total. The van der Waals surface area contributed by atoms with E-state index in [1.54, 1.807) is 0 Å². The maximum Gasteiger partial charge on any atom is 0.294 e. The third-order valence-electron chi connectivity index (χ3n) is 4.49. The van der Waals surface area contributed by atoms with Crippen LogP contribution in [0.5, 0.6) is 5.75 Å². The summed E-state index contributed by atoms with van der Waals surface area (Å²) >= 11 is 0. The van der Waals surface area contributed by atoms with Gasteiger partial charge in [0.15, 0.2) is 11.5 Å². The largest absolute Gasteiger partial charge is 0.508 e. The highest BCUT2D eigenvalue weighted by atomic mass is 19.1. The zero-order chi connectivity index (χ0) is 19.8. The molecule has 0 fully saturated rings. The number of ketones is 1. The van der Waals surface area contributed by atoms with E-state index in [0.29, 0.717) is 5.56 Å². The molecule has 1 aliphatic rings. The van der Waals surface area contributed by atoms with Crippen molar-refractivity contribution in [2.24, 2.45) is 0 Å². The van der Waals surface area contributed by atoms with Gasteiger partial charge in [-0.1, -0.05) is 18.2 Å². The molecule has 1 unspecified atom stereocenters. The summed E-state index contributed by atoms with van der Waals surface area (Å²) in [6.45, 7) is 0. The molecule has 2 aromatic carbocycles. The van der Waals surface area contributed by atoms with E-state index < -0.39 is 29.3 Å². The van der Waals surface area contributed by atoms with Crippen molar-refractivity contribution in [3.05, 3.63) is 95.4 Å². The highest BCUT2D eigenvalue weighted by Gasteiger charge is 2.45. The highest BCUT2D eigenvalue weighted by Crippen LogP contribution is 2.42. The van der Waals surface area contributed by atoms with Gasteiger partial charge >= 0.3 is 0 Å². The van der Waals surface area contributed by atoms with E-state index in [4.69, 9.17) is 4.42 Å². The Bertz CT molecular complexity index is 1090. The number of rotatable bonds is 4. The Morgan fingerprint density at radius 1 is 1.04 bits per heavy atom. The number of hydrogen-bond donors (Lipinski definition) is 2. The van der Waals surface area contributed by atoms with Gasteiger partial charge in [-0.3, -0.25) is 14.5 Å². The molecule has 4 rings (SSSR count). The number of phenolic OH excluding ortho intramolecular Hbond substituents is 1. The van der Waals surface area contributed by atoms with Crippen LogP contribution < -0.4 is 4.90 Å². The Balaban J connectivity index is 1.89. The summed E-state index contributed by atoms with van der Waals surface area (Å²) < 4.78 is 18.9. The minimum Gasteiger partial charge on any atom is -0.508 e. The van der Waals surface area contributed by atoms with Gasteiger partial charge < -0.3 is 14.6 Å². The highest BCUT2D eigenvalue weighted by molar-refractivity contribution is 6.20. The van der Waals surface area contributed by atoms with Gasteiger partial charge in [0, 0.05) is 5.69 Å². The van der Waals surface area contributed by atoms with Crippen molar-refractivity contribution >= 4 is 17.4 Å². The van der Waals surface area contributed by atoms with Gasteiger partial charge in [0.05, 0.1) is 17.9 Å². The molecule has 1 amide bonds.